The summed E-state index contributed by atoms with van der Waals surface area (Å²) in [4.78, 5) is 24.7. The second kappa shape index (κ2) is 6.43. The van der Waals surface area contributed by atoms with Gasteiger partial charge in [0.1, 0.15) is 11.0 Å². The summed E-state index contributed by atoms with van der Waals surface area (Å²) >= 11 is 0. The van der Waals surface area contributed by atoms with E-state index in [-0.39, 0.29) is 5.91 Å². The van der Waals surface area contributed by atoms with E-state index in [1.165, 1.54) is 24.5 Å². The second-order valence-electron chi connectivity index (χ2n) is 6.99. The van der Waals surface area contributed by atoms with Crippen molar-refractivity contribution in [1.82, 2.24) is 20.3 Å². The standard InChI is InChI=1S/C19H16F3N5O/c1-18(8-14(28)26-10-18)27-17-16-15(23-6-7-24-16)13(9-25-17)11-2-4-12(5-3-11)19(20,21)22/h2-7,9H,8,10H2,1H3,(H,25,27)(H,26,28)/t18-/m0/s1. The van der Waals surface area contributed by atoms with Gasteiger partial charge in [-0.25, -0.2) is 9.97 Å². The van der Waals surface area contributed by atoms with Crippen LogP contribution in [0.1, 0.15) is 18.9 Å². The first-order valence-corrected chi connectivity index (χ1v) is 8.57. The van der Waals surface area contributed by atoms with Crippen LogP contribution in [0.4, 0.5) is 19.0 Å². The number of hydrogen-bond donors (Lipinski definition) is 2. The first-order chi connectivity index (χ1) is 13.3. The van der Waals surface area contributed by atoms with Crippen molar-refractivity contribution in [3.63, 3.8) is 0 Å². The Morgan fingerprint density at radius 2 is 1.75 bits per heavy atom. The largest absolute Gasteiger partial charge is 0.416 e. The first-order valence-electron chi connectivity index (χ1n) is 8.57. The molecule has 1 aliphatic rings. The maximum absolute atomic E-state index is 12.8. The van der Waals surface area contributed by atoms with Crippen molar-refractivity contribution >= 4 is 22.8 Å². The summed E-state index contributed by atoms with van der Waals surface area (Å²) < 4.78 is 38.4. The lowest BCUT2D eigenvalue weighted by molar-refractivity contribution is -0.137. The fourth-order valence-electron chi connectivity index (χ4n) is 3.25. The van der Waals surface area contributed by atoms with Gasteiger partial charge in [-0.2, -0.15) is 13.2 Å². The monoisotopic (exact) mass is 387 g/mol. The summed E-state index contributed by atoms with van der Waals surface area (Å²) in [5.74, 6) is 0.421. The van der Waals surface area contributed by atoms with Gasteiger partial charge in [0.25, 0.3) is 0 Å². The molecule has 6 nitrogen and oxygen atoms in total. The number of nitrogens with one attached hydrogen (secondary N) is 2. The Balaban J connectivity index is 1.75. The molecule has 1 aliphatic heterocycles. The molecule has 2 N–H and O–H groups in total. The van der Waals surface area contributed by atoms with Gasteiger partial charge in [0.2, 0.25) is 5.91 Å². The highest BCUT2D eigenvalue weighted by Gasteiger charge is 2.35. The predicted octanol–water partition coefficient (Wildman–Crippen LogP) is 3.40. The number of fused-ring (bicyclic) bond motifs is 1. The molecule has 9 heteroatoms. The Hall–Kier alpha value is -3.23. The van der Waals surface area contributed by atoms with Crippen molar-refractivity contribution < 1.29 is 18.0 Å². The minimum absolute atomic E-state index is 0.0493. The summed E-state index contributed by atoms with van der Waals surface area (Å²) in [6.07, 6.45) is 0.495. The zero-order chi connectivity index (χ0) is 19.9. The number of pyridine rings is 1. The molecular formula is C19H16F3N5O. The highest BCUT2D eigenvalue weighted by molar-refractivity contribution is 5.96. The van der Waals surface area contributed by atoms with Crippen molar-refractivity contribution in [2.75, 3.05) is 11.9 Å². The van der Waals surface area contributed by atoms with Gasteiger partial charge < -0.3 is 10.6 Å². The van der Waals surface area contributed by atoms with Crippen LogP contribution in [0, 0.1) is 0 Å². The van der Waals surface area contributed by atoms with Crippen molar-refractivity contribution in [3.05, 3.63) is 48.4 Å². The fraction of sp³-hybridized carbons (Fsp3) is 0.263. The van der Waals surface area contributed by atoms with Crippen molar-refractivity contribution in [2.24, 2.45) is 0 Å². The predicted molar refractivity (Wildman–Crippen MR) is 97.4 cm³/mol. The number of anilines is 1. The summed E-state index contributed by atoms with van der Waals surface area (Å²) in [7, 11) is 0. The normalized spacial score (nSPS) is 19.6. The molecule has 3 heterocycles. The highest BCUT2D eigenvalue weighted by Crippen LogP contribution is 2.34. The van der Waals surface area contributed by atoms with Crippen LogP contribution < -0.4 is 10.6 Å². The Kier molecular flexibility index (Phi) is 4.17. The van der Waals surface area contributed by atoms with Crippen molar-refractivity contribution in [1.29, 1.82) is 0 Å². The number of hydrogen-bond acceptors (Lipinski definition) is 5. The number of amides is 1. The van der Waals surface area contributed by atoms with E-state index in [9.17, 15) is 18.0 Å². The molecule has 3 aromatic rings. The van der Waals surface area contributed by atoms with Crippen LogP contribution >= 0.6 is 0 Å². The summed E-state index contributed by atoms with van der Waals surface area (Å²) in [5, 5.41) is 6.03. The number of rotatable bonds is 3. The minimum atomic E-state index is -4.39. The van der Waals surface area contributed by atoms with Crippen LogP contribution in [0.15, 0.2) is 42.9 Å². The van der Waals surface area contributed by atoms with E-state index < -0.39 is 17.3 Å². The number of carbonyl (C=O) groups excluding carboxylic acids is 1. The van der Waals surface area contributed by atoms with E-state index in [1.807, 2.05) is 6.92 Å². The zero-order valence-electron chi connectivity index (χ0n) is 14.8. The Bertz CT molecular complexity index is 1050. The third-order valence-electron chi connectivity index (χ3n) is 4.67. The van der Waals surface area contributed by atoms with Crippen LogP contribution in [0.5, 0.6) is 0 Å². The van der Waals surface area contributed by atoms with E-state index in [4.69, 9.17) is 0 Å². The molecule has 1 saturated heterocycles. The molecule has 0 aliphatic carbocycles. The summed E-state index contributed by atoms with van der Waals surface area (Å²) in [5.41, 5.74) is 0.907. The third kappa shape index (κ3) is 3.35. The van der Waals surface area contributed by atoms with Gasteiger partial charge >= 0.3 is 6.18 Å². The van der Waals surface area contributed by atoms with Gasteiger partial charge in [0.05, 0.1) is 17.5 Å². The molecule has 2 aromatic heterocycles. The molecule has 1 atom stereocenters. The summed E-state index contributed by atoms with van der Waals surface area (Å²) in [6, 6.07) is 4.84. The zero-order valence-corrected chi connectivity index (χ0v) is 14.8. The molecule has 1 aromatic carbocycles. The van der Waals surface area contributed by atoms with Gasteiger partial charge in [-0.15, -0.1) is 0 Å². The molecule has 0 saturated carbocycles. The van der Waals surface area contributed by atoms with Gasteiger partial charge in [0.15, 0.2) is 5.82 Å². The van der Waals surface area contributed by atoms with E-state index >= 15 is 0 Å². The Morgan fingerprint density at radius 1 is 1.07 bits per heavy atom. The molecule has 0 spiro atoms. The first kappa shape index (κ1) is 18.1. The van der Waals surface area contributed by atoms with Crippen LogP contribution in [0.25, 0.3) is 22.2 Å². The lowest BCUT2D eigenvalue weighted by Crippen LogP contribution is -2.37. The van der Waals surface area contributed by atoms with Gasteiger partial charge in [-0.05, 0) is 24.6 Å². The van der Waals surface area contributed by atoms with Crippen molar-refractivity contribution in [3.8, 4) is 11.1 Å². The fourth-order valence-corrected chi connectivity index (χ4v) is 3.25. The smallest absolute Gasteiger partial charge is 0.361 e. The van der Waals surface area contributed by atoms with E-state index in [2.05, 4.69) is 25.6 Å². The SMILES string of the molecule is C[C@@]1(Nc2ncc(-c3ccc(C(F)(F)F)cc3)c3nccnc23)CNC(=O)C1. The molecule has 0 unspecified atom stereocenters. The lowest BCUT2D eigenvalue weighted by Gasteiger charge is -2.24. The number of aromatic nitrogens is 3. The number of nitrogens with zero attached hydrogens (tertiary/aromatic N) is 3. The molecule has 28 heavy (non-hydrogen) atoms. The van der Waals surface area contributed by atoms with Crippen LogP contribution in [0.2, 0.25) is 0 Å². The van der Waals surface area contributed by atoms with E-state index in [0.29, 0.717) is 40.9 Å². The molecule has 1 amide bonds. The Morgan fingerprint density at radius 3 is 2.36 bits per heavy atom. The van der Waals surface area contributed by atoms with Crippen LogP contribution in [-0.4, -0.2) is 32.9 Å². The average molecular weight is 387 g/mol. The maximum atomic E-state index is 12.8. The molecule has 4 rings (SSSR count). The third-order valence-corrected chi connectivity index (χ3v) is 4.67. The van der Waals surface area contributed by atoms with Crippen LogP contribution in [0.3, 0.4) is 0 Å². The number of carbonyl (C=O) groups is 1. The second-order valence-corrected chi connectivity index (χ2v) is 6.99. The maximum Gasteiger partial charge on any atom is 0.416 e. The summed E-state index contributed by atoms with van der Waals surface area (Å²) in [6.45, 7) is 2.36. The number of alkyl halides is 3. The van der Waals surface area contributed by atoms with Gasteiger partial charge in [-0.3, -0.25) is 9.78 Å². The highest BCUT2D eigenvalue weighted by atomic mass is 19.4. The quantitative estimate of drug-likeness (QED) is 0.720. The topological polar surface area (TPSA) is 79.8 Å². The molecular weight excluding hydrogens is 371 g/mol. The molecule has 144 valence electrons. The lowest BCUT2D eigenvalue weighted by atomic mass is 10.0. The minimum Gasteiger partial charge on any atom is -0.361 e. The Labute approximate surface area is 158 Å². The van der Waals surface area contributed by atoms with E-state index in [0.717, 1.165) is 12.1 Å². The van der Waals surface area contributed by atoms with Gasteiger partial charge in [-0.1, -0.05) is 12.1 Å². The molecule has 0 radical (unpaired) electrons. The number of halogens is 3. The number of benzene rings is 1. The average Bonchev–Trinajstić information content (AvgIpc) is 3.00. The van der Waals surface area contributed by atoms with Crippen LogP contribution in [-0.2, 0) is 11.0 Å². The molecule has 1 fully saturated rings. The molecule has 0 bridgehead atoms. The van der Waals surface area contributed by atoms with E-state index in [1.54, 1.807) is 6.20 Å². The van der Waals surface area contributed by atoms with Gasteiger partial charge in [0, 0.05) is 30.7 Å². The van der Waals surface area contributed by atoms with Crippen molar-refractivity contribution in [2.45, 2.75) is 25.1 Å².